The Morgan fingerprint density at radius 2 is 1.76 bits per heavy atom. The fourth-order valence-corrected chi connectivity index (χ4v) is 2.31. The molecule has 0 unspecified atom stereocenters. The highest BCUT2D eigenvalue weighted by Crippen LogP contribution is 2.14. The zero-order valence-corrected chi connectivity index (χ0v) is 13.6. The number of nitrogens with one attached hydrogen (secondary N) is 1. The maximum Gasteiger partial charge on any atom is 0.101 e. The van der Waals surface area contributed by atoms with Crippen molar-refractivity contribution in [2.24, 2.45) is 0 Å². The lowest BCUT2D eigenvalue weighted by atomic mass is 10.1. The molecule has 0 radical (unpaired) electrons. The zero-order valence-electron chi connectivity index (χ0n) is 13.6. The van der Waals surface area contributed by atoms with E-state index in [4.69, 9.17) is 5.73 Å². The van der Waals surface area contributed by atoms with Crippen LogP contribution >= 0.6 is 0 Å². The first-order valence-corrected chi connectivity index (χ1v) is 8.22. The van der Waals surface area contributed by atoms with Crippen LogP contribution < -0.4 is 5.73 Å². The van der Waals surface area contributed by atoms with Crippen LogP contribution in [0.2, 0.25) is 0 Å². The Morgan fingerprint density at radius 1 is 1.05 bits per heavy atom. The quantitative estimate of drug-likeness (QED) is 0.471. The van der Waals surface area contributed by atoms with E-state index in [0.29, 0.717) is 0 Å². The van der Waals surface area contributed by atoms with Gasteiger partial charge in [0.15, 0.2) is 0 Å². The maximum atomic E-state index is 5.54. The number of para-hydroxylation sites is 1. The molecule has 1 aromatic heterocycles. The number of nitrogen functional groups attached to an aromatic ring is 1. The van der Waals surface area contributed by atoms with Gasteiger partial charge in [-0.3, -0.25) is 0 Å². The highest BCUT2D eigenvalue weighted by molar-refractivity contribution is 5.82. The summed E-state index contributed by atoms with van der Waals surface area (Å²) in [6, 6.07) is 9.94. The molecule has 0 aliphatic heterocycles. The zero-order chi connectivity index (χ0) is 15.3. The Kier molecular flexibility index (Phi) is 9.10. The van der Waals surface area contributed by atoms with Gasteiger partial charge < -0.3 is 10.7 Å². The van der Waals surface area contributed by atoms with E-state index in [-0.39, 0.29) is 0 Å². The third kappa shape index (κ3) is 7.60. The predicted molar refractivity (Wildman–Crippen MR) is 95.5 cm³/mol. The number of hydrogen-bond donors (Lipinski definition) is 2. The number of unbranched alkanes of at least 4 members (excludes halogenated alkanes) is 6. The summed E-state index contributed by atoms with van der Waals surface area (Å²) in [4.78, 5) is 3.04. The van der Waals surface area contributed by atoms with Gasteiger partial charge in [-0.2, -0.15) is 0 Å². The Balaban J connectivity index is 0.000000210. The van der Waals surface area contributed by atoms with Gasteiger partial charge in [-0.05, 0) is 31.9 Å². The highest BCUT2D eigenvalue weighted by Gasteiger charge is 1.92. The SMILES string of the molecule is CC=CCCCCCCCC.Nc1cc2ccccc2[nH]1. The summed E-state index contributed by atoms with van der Waals surface area (Å²) in [6.45, 7) is 4.36. The van der Waals surface area contributed by atoms with Crippen LogP contribution in [0.3, 0.4) is 0 Å². The number of nitrogens with two attached hydrogens (primary N) is 1. The van der Waals surface area contributed by atoms with Crippen LogP contribution in [-0.4, -0.2) is 4.98 Å². The van der Waals surface area contributed by atoms with E-state index in [2.05, 4.69) is 31.0 Å². The van der Waals surface area contributed by atoms with Crippen LogP contribution in [0, 0.1) is 0 Å². The molecule has 2 heteroatoms. The van der Waals surface area contributed by atoms with Crippen LogP contribution in [0.15, 0.2) is 42.5 Å². The molecule has 0 bridgehead atoms. The molecule has 2 nitrogen and oxygen atoms in total. The van der Waals surface area contributed by atoms with Crippen molar-refractivity contribution in [3.05, 3.63) is 42.5 Å². The van der Waals surface area contributed by atoms with Gasteiger partial charge in [-0.1, -0.05) is 69.4 Å². The van der Waals surface area contributed by atoms with E-state index < -0.39 is 0 Å². The standard InChI is InChI=1S/C11H22.C8H8N2/c1-3-5-7-9-11-10-8-6-4-2;9-8-5-6-3-1-2-4-7(6)10-8/h3,5H,4,6-11H2,1-2H3;1-5,10H,9H2. The van der Waals surface area contributed by atoms with E-state index >= 15 is 0 Å². The summed E-state index contributed by atoms with van der Waals surface area (Å²) >= 11 is 0. The Bertz CT molecular complexity index is 478. The lowest BCUT2D eigenvalue weighted by Gasteiger charge is -1.96. The van der Waals surface area contributed by atoms with E-state index in [1.165, 1.54) is 50.3 Å². The van der Waals surface area contributed by atoms with Crippen molar-refractivity contribution in [3.8, 4) is 0 Å². The van der Waals surface area contributed by atoms with Gasteiger partial charge in [-0.25, -0.2) is 0 Å². The Labute approximate surface area is 129 Å². The fraction of sp³-hybridized carbons (Fsp3) is 0.474. The topological polar surface area (TPSA) is 41.8 Å². The molecule has 2 aromatic rings. The molecule has 0 fully saturated rings. The van der Waals surface area contributed by atoms with E-state index in [9.17, 15) is 0 Å². The summed E-state index contributed by atoms with van der Waals surface area (Å²) in [5.74, 6) is 0.723. The minimum atomic E-state index is 0.723. The maximum absolute atomic E-state index is 5.54. The molecular weight excluding hydrogens is 256 g/mol. The van der Waals surface area contributed by atoms with Crippen LogP contribution in [0.5, 0.6) is 0 Å². The lowest BCUT2D eigenvalue weighted by molar-refractivity contribution is 0.611. The second-order valence-electron chi connectivity index (χ2n) is 5.44. The number of hydrogen-bond acceptors (Lipinski definition) is 1. The third-order valence-electron chi connectivity index (χ3n) is 3.51. The number of aromatic amines is 1. The Hall–Kier alpha value is -1.70. The van der Waals surface area contributed by atoms with Crippen molar-refractivity contribution in [1.82, 2.24) is 4.98 Å². The molecule has 0 atom stereocenters. The highest BCUT2D eigenvalue weighted by atomic mass is 14.8. The molecule has 21 heavy (non-hydrogen) atoms. The molecule has 116 valence electrons. The number of aromatic nitrogens is 1. The first kappa shape index (κ1) is 17.4. The minimum absolute atomic E-state index is 0.723. The second-order valence-corrected chi connectivity index (χ2v) is 5.44. The molecule has 1 aromatic carbocycles. The van der Waals surface area contributed by atoms with Crippen molar-refractivity contribution in [1.29, 1.82) is 0 Å². The van der Waals surface area contributed by atoms with Gasteiger partial charge in [0.2, 0.25) is 0 Å². The van der Waals surface area contributed by atoms with E-state index in [0.717, 1.165) is 11.3 Å². The number of H-pyrrole nitrogens is 1. The molecule has 1 heterocycles. The van der Waals surface area contributed by atoms with Crippen molar-refractivity contribution >= 4 is 16.7 Å². The first-order valence-electron chi connectivity index (χ1n) is 8.22. The summed E-state index contributed by atoms with van der Waals surface area (Å²) in [6.07, 6.45) is 14.1. The number of rotatable bonds is 7. The second kappa shape index (κ2) is 11.0. The summed E-state index contributed by atoms with van der Waals surface area (Å²) in [7, 11) is 0. The molecule has 0 spiro atoms. The van der Waals surface area contributed by atoms with Crippen LogP contribution in [0.1, 0.15) is 58.8 Å². The Morgan fingerprint density at radius 3 is 2.48 bits per heavy atom. The lowest BCUT2D eigenvalue weighted by Crippen LogP contribution is -1.80. The molecule has 0 saturated carbocycles. The molecular formula is C19H30N2. The largest absolute Gasteiger partial charge is 0.385 e. The molecule has 0 aliphatic rings. The number of benzene rings is 1. The predicted octanol–water partition coefficient (Wildman–Crippen LogP) is 6.06. The van der Waals surface area contributed by atoms with Crippen molar-refractivity contribution in [2.75, 3.05) is 5.73 Å². The third-order valence-corrected chi connectivity index (χ3v) is 3.51. The number of anilines is 1. The molecule has 2 rings (SSSR count). The summed E-state index contributed by atoms with van der Waals surface area (Å²) in [5.41, 5.74) is 6.63. The smallest absolute Gasteiger partial charge is 0.101 e. The fourth-order valence-electron chi connectivity index (χ4n) is 2.31. The van der Waals surface area contributed by atoms with Crippen molar-refractivity contribution in [2.45, 2.75) is 58.8 Å². The van der Waals surface area contributed by atoms with Gasteiger partial charge in [0.05, 0.1) is 0 Å². The molecule has 0 amide bonds. The van der Waals surface area contributed by atoms with E-state index in [1.54, 1.807) is 0 Å². The minimum Gasteiger partial charge on any atom is -0.385 e. The van der Waals surface area contributed by atoms with Crippen LogP contribution in [0.25, 0.3) is 10.9 Å². The van der Waals surface area contributed by atoms with Gasteiger partial charge in [-0.15, -0.1) is 0 Å². The van der Waals surface area contributed by atoms with Gasteiger partial charge in [0.25, 0.3) is 0 Å². The average molecular weight is 286 g/mol. The molecule has 0 aliphatic carbocycles. The van der Waals surface area contributed by atoms with Gasteiger partial charge in [0, 0.05) is 10.9 Å². The van der Waals surface area contributed by atoms with Crippen LogP contribution in [-0.2, 0) is 0 Å². The monoisotopic (exact) mass is 286 g/mol. The number of fused-ring (bicyclic) bond motifs is 1. The first-order chi connectivity index (χ1) is 10.3. The average Bonchev–Trinajstić information content (AvgIpc) is 2.87. The van der Waals surface area contributed by atoms with Gasteiger partial charge >= 0.3 is 0 Å². The van der Waals surface area contributed by atoms with Crippen molar-refractivity contribution in [3.63, 3.8) is 0 Å². The normalized spacial score (nSPS) is 10.8. The molecule has 0 saturated heterocycles. The molecule has 3 N–H and O–H groups in total. The van der Waals surface area contributed by atoms with Crippen molar-refractivity contribution < 1.29 is 0 Å². The van der Waals surface area contributed by atoms with Gasteiger partial charge in [0.1, 0.15) is 5.82 Å². The number of allylic oxidation sites excluding steroid dienone is 2. The summed E-state index contributed by atoms with van der Waals surface area (Å²) < 4.78 is 0. The van der Waals surface area contributed by atoms with E-state index in [1.807, 2.05) is 30.3 Å². The van der Waals surface area contributed by atoms with Crippen LogP contribution in [0.4, 0.5) is 5.82 Å². The summed E-state index contributed by atoms with van der Waals surface area (Å²) in [5, 5.41) is 1.17.